The van der Waals surface area contributed by atoms with Crippen molar-refractivity contribution in [2.24, 2.45) is 0 Å². The molecule has 0 aliphatic carbocycles. The zero-order chi connectivity index (χ0) is 12.0. The quantitative estimate of drug-likeness (QED) is 0.497. The van der Waals surface area contributed by atoms with Crippen LogP contribution >= 0.6 is 0 Å². The van der Waals surface area contributed by atoms with E-state index in [1.165, 1.54) is 6.20 Å². The summed E-state index contributed by atoms with van der Waals surface area (Å²) in [5.74, 6) is -0.301. The Balaban J connectivity index is 2.48. The van der Waals surface area contributed by atoms with E-state index in [9.17, 15) is 4.79 Å². The summed E-state index contributed by atoms with van der Waals surface area (Å²) >= 11 is 0. The Kier molecular flexibility index (Phi) is 4.68. The van der Waals surface area contributed by atoms with Crippen molar-refractivity contribution in [1.82, 2.24) is 10.3 Å². The van der Waals surface area contributed by atoms with Gasteiger partial charge in [-0.15, -0.1) is 0 Å². The first-order valence-electron chi connectivity index (χ1n) is 4.87. The minimum Gasteiger partial charge on any atom is -0.397 e. The number of carbonyl (C=O) groups is 1. The van der Waals surface area contributed by atoms with Crippen LogP contribution in [0.3, 0.4) is 0 Å². The summed E-state index contributed by atoms with van der Waals surface area (Å²) in [7, 11) is 0. The van der Waals surface area contributed by atoms with Crippen molar-refractivity contribution in [1.29, 1.82) is 0 Å². The number of nitrogens with two attached hydrogens (primary N) is 1. The number of aliphatic hydroxyl groups is 2. The molecule has 1 aromatic heterocycles. The fraction of sp³-hybridized carbons (Fsp3) is 0.400. The van der Waals surface area contributed by atoms with Gasteiger partial charge in [-0.25, -0.2) is 0 Å². The van der Waals surface area contributed by atoms with E-state index in [4.69, 9.17) is 15.9 Å². The lowest BCUT2D eigenvalue weighted by atomic mass is 10.2. The van der Waals surface area contributed by atoms with Crippen molar-refractivity contribution >= 4 is 11.6 Å². The van der Waals surface area contributed by atoms with Crippen LogP contribution in [0.15, 0.2) is 18.3 Å². The van der Waals surface area contributed by atoms with Gasteiger partial charge in [-0.2, -0.15) is 0 Å². The minimum atomic E-state index is -0.624. The van der Waals surface area contributed by atoms with Crippen LogP contribution < -0.4 is 11.1 Å². The van der Waals surface area contributed by atoms with Crippen molar-refractivity contribution < 1.29 is 15.0 Å². The van der Waals surface area contributed by atoms with Gasteiger partial charge in [0.2, 0.25) is 5.91 Å². The highest BCUT2D eigenvalue weighted by atomic mass is 16.3. The van der Waals surface area contributed by atoms with Gasteiger partial charge < -0.3 is 21.3 Å². The fourth-order valence-corrected chi connectivity index (χ4v) is 1.13. The van der Waals surface area contributed by atoms with Crippen LogP contribution in [0.2, 0.25) is 0 Å². The van der Waals surface area contributed by atoms with Crippen LogP contribution in [0.25, 0.3) is 0 Å². The fourth-order valence-electron chi connectivity index (χ4n) is 1.13. The Hall–Kier alpha value is -1.66. The number of nitrogens with one attached hydrogen (secondary N) is 1. The summed E-state index contributed by atoms with van der Waals surface area (Å²) in [4.78, 5) is 15.4. The van der Waals surface area contributed by atoms with Crippen LogP contribution in [0, 0.1) is 0 Å². The molecule has 0 bridgehead atoms. The maximum Gasteiger partial charge on any atom is 0.226 e. The number of rotatable bonds is 5. The summed E-state index contributed by atoms with van der Waals surface area (Å²) in [6.45, 7) is -0.588. The van der Waals surface area contributed by atoms with Crippen molar-refractivity contribution in [2.45, 2.75) is 12.5 Å². The van der Waals surface area contributed by atoms with E-state index in [2.05, 4.69) is 10.3 Å². The van der Waals surface area contributed by atoms with E-state index in [0.717, 1.165) is 0 Å². The highest BCUT2D eigenvalue weighted by molar-refractivity contribution is 5.78. The molecule has 0 atom stereocenters. The number of aliphatic hydroxyl groups excluding tert-OH is 2. The van der Waals surface area contributed by atoms with Crippen molar-refractivity contribution in [2.75, 3.05) is 18.9 Å². The maximum absolute atomic E-state index is 11.4. The lowest BCUT2D eigenvalue weighted by molar-refractivity contribution is -0.121. The van der Waals surface area contributed by atoms with Gasteiger partial charge >= 0.3 is 0 Å². The van der Waals surface area contributed by atoms with E-state index in [-0.39, 0.29) is 25.5 Å². The highest BCUT2D eigenvalue weighted by Gasteiger charge is 2.10. The topological polar surface area (TPSA) is 108 Å². The molecule has 0 radical (unpaired) electrons. The first-order valence-corrected chi connectivity index (χ1v) is 4.87. The van der Waals surface area contributed by atoms with Gasteiger partial charge in [0.1, 0.15) is 0 Å². The third-order valence-corrected chi connectivity index (χ3v) is 2.00. The molecule has 0 aliphatic heterocycles. The van der Waals surface area contributed by atoms with Crippen LogP contribution in [-0.2, 0) is 11.2 Å². The molecule has 16 heavy (non-hydrogen) atoms. The van der Waals surface area contributed by atoms with Crippen LogP contribution in [0.4, 0.5) is 5.69 Å². The zero-order valence-electron chi connectivity index (χ0n) is 8.76. The Morgan fingerprint density at radius 1 is 1.44 bits per heavy atom. The lowest BCUT2D eigenvalue weighted by Gasteiger charge is -2.12. The molecular formula is C10H15N3O3. The van der Waals surface area contributed by atoms with Gasteiger partial charge in [0.25, 0.3) is 0 Å². The molecule has 6 heteroatoms. The average Bonchev–Trinajstić information content (AvgIpc) is 2.29. The zero-order valence-corrected chi connectivity index (χ0v) is 8.76. The summed E-state index contributed by atoms with van der Waals surface area (Å²) in [6, 6.07) is 2.69. The molecule has 0 unspecified atom stereocenters. The van der Waals surface area contributed by atoms with Gasteiger partial charge in [0.15, 0.2) is 0 Å². The molecular weight excluding hydrogens is 210 g/mol. The molecule has 0 aromatic carbocycles. The Morgan fingerprint density at radius 3 is 2.62 bits per heavy atom. The van der Waals surface area contributed by atoms with Crippen LogP contribution in [0.5, 0.6) is 0 Å². The molecule has 0 fully saturated rings. The first-order chi connectivity index (χ1) is 7.65. The molecule has 1 heterocycles. The van der Waals surface area contributed by atoms with E-state index in [0.29, 0.717) is 11.4 Å². The van der Waals surface area contributed by atoms with Crippen molar-refractivity contribution in [3.8, 4) is 0 Å². The predicted molar refractivity (Wildman–Crippen MR) is 58.5 cm³/mol. The van der Waals surface area contributed by atoms with Gasteiger partial charge in [0.05, 0.1) is 37.6 Å². The van der Waals surface area contributed by atoms with Gasteiger partial charge in [-0.1, -0.05) is 0 Å². The Bertz CT molecular complexity index is 336. The number of aromatic nitrogens is 1. The number of nitrogens with zero attached hydrogens (tertiary/aromatic N) is 1. The molecule has 1 rings (SSSR count). The summed E-state index contributed by atoms with van der Waals surface area (Å²) < 4.78 is 0. The third kappa shape index (κ3) is 3.84. The molecule has 0 aliphatic rings. The first kappa shape index (κ1) is 12.4. The molecule has 0 spiro atoms. The van der Waals surface area contributed by atoms with Crippen molar-refractivity contribution in [3.63, 3.8) is 0 Å². The number of anilines is 1. The van der Waals surface area contributed by atoms with Gasteiger partial charge in [-0.3, -0.25) is 9.78 Å². The molecule has 0 saturated carbocycles. The monoisotopic (exact) mass is 225 g/mol. The van der Waals surface area contributed by atoms with Gasteiger partial charge in [-0.05, 0) is 12.1 Å². The SMILES string of the molecule is Nc1ccc(CC(=O)NC(CO)CO)nc1. The largest absolute Gasteiger partial charge is 0.397 e. The summed E-state index contributed by atoms with van der Waals surface area (Å²) in [5.41, 5.74) is 6.57. The number of carbonyl (C=O) groups excluding carboxylic acids is 1. The third-order valence-electron chi connectivity index (χ3n) is 2.00. The van der Waals surface area contributed by atoms with Gasteiger partial charge in [0, 0.05) is 5.69 Å². The Morgan fingerprint density at radius 2 is 2.12 bits per heavy atom. The maximum atomic E-state index is 11.4. The highest BCUT2D eigenvalue weighted by Crippen LogP contribution is 2.01. The summed E-state index contributed by atoms with van der Waals surface area (Å²) in [5, 5.41) is 20.0. The van der Waals surface area contributed by atoms with E-state index < -0.39 is 6.04 Å². The smallest absolute Gasteiger partial charge is 0.226 e. The number of hydrogen-bond acceptors (Lipinski definition) is 5. The second-order valence-corrected chi connectivity index (χ2v) is 3.39. The molecule has 1 amide bonds. The number of amides is 1. The van der Waals surface area contributed by atoms with E-state index in [1.54, 1.807) is 12.1 Å². The average molecular weight is 225 g/mol. The normalized spacial score (nSPS) is 10.4. The number of pyridine rings is 1. The second-order valence-electron chi connectivity index (χ2n) is 3.39. The Labute approximate surface area is 93.1 Å². The number of nitrogen functional groups attached to an aromatic ring is 1. The van der Waals surface area contributed by atoms with Crippen LogP contribution in [-0.4, -0.2) is 40.4 Å². The second kappa shape index (κ2) is 6.04. The van der Waals surface area contributed by atoms with Crippen molar-refractivity contribution in [3.05, 3.63) is 24.0 Å². The molecule has 0 saturated heterocycles. The van der Waals surface area contributed by atoms with E-state index >= 15 is 0 Å². The molecule has 5 N–H and O–H groups in total. The summed E-state index contributed by atoms with van der Waals surface area (Å²) in [6.07, 6.45) is 1.56. The predicted octanol–water partition coefficient (Wildman–Crippen LogP) is -1.32. The standard InChI is InChI=1S/C10H15N3O3/c11-7-1-2-8(12-4-7)3-10(16)13-9(5-14)6-15/h1-2,4,9,14-15H,3,5-6,11H2,(H,13,16). The van der Waals surface area contributed by atoms with E-state index in [1.807, 2.05) is 0 Å². The molecule has 6 nitrogen and oxygen atoms in total. The molecule has 1 aromatic rings. The molecule has 88 valence electrons. The van der Waals surface area contributed by atoms with Crippen LogP contribution in [0.1, 0.15) is 5.69 Å². The number of hydrogen-bond donors (Lipinski definition) is 4. The lowest BCUT2D eigenvalue weighted by Crippen LogP contribution is -2.40. The minimum absolute atomic E-state index is 0.0940.